The number of amides is 1. The molecule has 0 heterocycles. The second-order valence-electron chi connectivity index (χ2n) is 5.13. The van der Waals surface area contributed by atoms with Crippen LogP contribution in [-0.2, 0) is 17.8 Å². The SMILES string of the molecule is CCN(Cc1ccccc1)C(=O)[C@@H](N)Cc1ccccc1. The number of hydrogen-bond donors (Lipinski definition) is 1. The van der Waals surface area contributed by atoms with Crippen molar-refractivity contribution in [2.45, 2.75) is 25.9 Å². The lowest BCUT2D eigenvalue weighted by Gasteiger charge is -2.24. The van der Waals surface area contributed by atoms with Gasteiger partial charge >= 0.3 is 0 Å². The summed E-state index contributed by atoms with van der Waals surface area (Å²) >= 11 is 0. The highest BCUT2D eigenvalue weighted by atomic mass is 16.2. The Bertz CT molecular complexity index is 554. The minimum atomic E-state index is -0.490. The topological polar surface area (TPSA) is 46.3 Å². The van der Waals surface area contributed by atoms with Gasteiger partial charge in [-0.05, 0) is 24.5 Å². The molecule has 0 aliphatic carbocycles. The first-order valence-electron chi connectivity index (χ1n) is 7.33. The smallest absolute Gasteiger partial charge is 0.240 e. The summed E-state index contributed by atoms with van der Waals surface area (Å²) in [4.78, 5) is 14.3. The van der Waals surface area contributed by atoms with Crippen LogP contribution in [0.3, 0.4) is 0 Å². The van der Waals surface area contributed by atoms with Crippen molar-refractivity contribution in [3.05, 3.63) is 71.8 Å². The van der Waals surface area contributed by atoms with Crippen LogP contribution in [0.2, 0.25) is 0 Å². The fourth-order valence-electron chi connectivity index (χ4n) is 2.34. The largest absolute Gasteiger partial charge is 0.337 e. The Labute approximate surface area is 126 Å². The van der Waals surface area contributed by atoms with Gasteiger partial charge in [0.2, 0.25) is 5.91 Å². The first-order chi connectivity index (χ1) is 10.2. The van der Waals surface area contributed by atoms with Crippen molar-refractivity contribution in [3.8, 4) is 0 Å². The number of rotatable bonds is 6. The van der Waals surface area contributed by atoms with E-state index in [0.29, 0.717) is 19.5 Å². The number of nitrogens with two attached hydrogens (primary N) is 1. The third-order valence-corrected chi connectivity index (χ3v) is 3.53. The van der Waals surface area contributed by atoms with Crippen molar-refractivity contribution in [3.63, 3.8) is 0 Å². The minimum Gasteiger partial charge on any atom is -0.337 e. The quantitative estimate of drug-likeness (QED) is 0.885. The molecular formula is C18H22N2O. The molecule has 3 heteroatoms. The Kier molecular flexibility index (Phi) is 5.52. The van der Waals surface area contributed by atoms with Crippen LogP contribution in [0.1, 0.15) is 18.1 Å². The average Bonchev–Trinajstić information content (AvgIpc) is 2.54. The molecule has 0 aromatic heterocycles. The molecule has 0 radical (unpaired) electrons. The summed E-state index contributed by atoms with van der Waals surface area (Å²) in [5.41, 5.74) is 8.30. The number of benzene rings is 2. The van der Waals surface area contributed by atoms with E-state index in [-0.39, 0.29) is 5.91 Å². The van der Waals surface area contributed by atoms with E-state index in [0.717, 1.165) is 11.1 Å². The zero-order valence-electron chi connectivity index (χ0n) is 12.4. The third-order valence-electron chi connectivity index (χ3n) is 3.53. The first-order valence-corrected chi connectivity index (χ1v) is 7.33. The predicted molar refractivity (Wildman–Crippen MR) is 85.7 cm³/mol. The number of likely N-dealkylation sites (N-methyl/N-ethyl adjacent to an activating group) is 1. The average molecular weight is 282 g/mol. The Hall–Kier alpha value is -2.13. The molecule has 0 saturated heterocycles. The summed E-state index contributed by atoms with van der Waals surface area (Å²) < 4.78 is 0. The Morgan fingerprint density at radius 3 is 2.05 bits per heavy atom. The molecule has 1 atom stereocenters. The third kappa shape index (κ3) is 4.43. The number of hydrogen-bond acceptors (Lipinski definition) is 2. The monoisotopic (exact) mass is 282 g/mol. The van der Waals surface area contributed by atoms with Crippen molar-refractivity contribution in [2.75, 3.05) is 6.54 Å². The summed E-state index contributed by atoms with van der Waals surface area (Å²) in [6, 6.07) is 19.4. The van der Waals surface area contributed by atoms with Crippen LogP contribution in [0.5, 0.6) is 0 Å². The van der Waals surface area contributed by atoms with Crippen molar-refractivity contribution in [1.82, 2.24) is 4.90 Å². The molecule has 0 bridgehead atoms. The van der Waals surface area contributed by atoms with E-state index >= 15 is 0 Å². The highest BCUT2D eigenvalue weighted by Gasteiger charge is 2.20. The molecule has 1 amide bonds. The molecular weight excluding hydrogens is 260 g/mol. The van der Waals surface area contributed by atoms with Crippen molar-refractivity contribution >= 4 is 5.91 Å². The van der Waals surface area contributed by atoms with Gasteiger partial charge in [0.05, 0.1) is 6.04 Å². The van der Waals surface area contributed by atoms with Crippen molar-refractivity contribution < 1.29 is 4.79 Å². The van der Waals surface area contributed by atoms with E-state index < -0.39 is 6.04 Å². The molecule has 2 rings (SSSR count). The van der Waals surface area contributed by atoms with E-state index in [2.05, 4.69) is 0 Å². The summed E-state index contributed by atoms with van der Waals surface area (Å²) in [6.07, 6.45) is 0.574. The molecule has 0 saturated carbocycles. The fourth-order valence-corrected chi connectivity index (χ4v) is 2.34. The molecule has 3 nitrogen and oxygen atoms in total. The normalized spacial score (nSPS) is 11.9. The van der Waals surface area contributed by atoms with Gasteiger partial charge in [0.15, 0.2) is 0 Å². The maximum Gasteiger partial charge on any atom is 0.240 e. The summed E-state index contributed by atoms with van der Waals surface area (Å²) in [6.45, 7) is 3.25. The van der Waals surface area contributed by atoms with Gasteiger partial charge in [0.1, 0.15) is 0 Å². The lowest BCUT2D eigenvalue weighted by molar-refractivity contribution is -0.133. The number of nitrogens with zero attached hydrogens (tertiary/aromatic N) is 1. The standard InChI is InChI=1S/C18H22N2O/c1-2-20(14-16-11-7-4-8-12-16)18(21)17(19)13-15-9-5-3-6-10-15/h3-12,17H,2,13-14,19H2,1H3/t17-/m0/s1. The second-order valence-corrected chi connectivity index (χ2v) is 5.13. The maximum absolute atomic E-state index is 12.5. The van der Waals surface area contributed by atoms with Crippen molar-refractivity contribution in [1.29, 1.82) is 0 Å². The van der Waals surface area contributed by atoms with E-state index in [1.807, 2.05) is 72.5 Å². The molecule has 2 N–H and O–H groups in total. The van der Waals surface area contributed by atoms with Crippen molar-refractivity contribution in [2.24, 2.45) is 5.73 Å². The van der Waals surface area contributed by atoms with E-state index in [9.17, 15) is 4.79 Å². The molecule has 0 unspecified atom stereocenters. The summed E-state index contributed by atoms with van der Waals surface area (Å²) in [7, 11) is 0. The highest BCUT2D eigenvalue weighted by Crippen LogP contribution is 2.08. The van der Waals surface area contributed by atoms with Crippen LogP contribution >= 0.6 is 0 Å². The van der Waals surface area contributed by atoms with Gasteiger partial charge in [-0.1, -0.05) is 60.7 Å². The zero-order valence-corrected chi connectivity index (χ0v) is 12.4. The molecule has 2 aromatic rings. The molecule has 0 spiro atoms. The van der Waals surface area contributed by atoms with Crippen LogP contribution in [0.25, 0.3) is 0 Å². The summed E-state index contributed by atoms with van der Waals surface area (Å²) in [5, 5.41) is 0. The van der Waals surface area contributed by atoms with E-state index in [1.165, 1.54) is 0 Å². The predicted octanol–water partition coefficient (Wildman–Crippen LogP) is 2.61. The van der Waals surface area contributed by atoms with E-state index in [4.69, 9.17) is 5.73 Å². The van der Waals surface area contributed by atoms with Gasteiger partial charge in [-0.2, -0.15) is 0 Å². The van der Waals surface area contributed by atoms with Gasteiger partial charge in [0, 0.05) is 13.1 Å². The van der Waals surface area contributed by atoms with Gasteiger partial charge < -0.3 is 10.6 Å². The Morgan fingerprint density at radius 1 is 1.00 bits per heavy atom. The fraction of sp³-hybridized carbons (Fsp3) is 0.278. The molecule has 0 aliphatic rings. The summed E-state index contributed by atoms with van der Waals surface area (Å²) in [5.74, 6) is 0.00482. The molecule has 110 valence electrons. The first kappa shape index (κ1) is 15.3. The molecule has 0 fully saturated rings. The van der Waals surface area contributed by atoms with Crippen LogP contribution < -0.4 is 5.73 Å². The van der Waals surface area contributed by atoms with Gasteiger partial charge in [-0.25, -0.2) is 0 Å². The van der Waals surface area contributed by atoms with Gasteiger partial charge in [-0.15, -0.1) is 0 Å². The lowest BCUT2D eigenvalue weighted by atomic mass is 10.1. The lowest BCUT2D eigenvalue weighted by Crippen LogP contribution is -2.44. The molecule has 0 aliphatic heterocycles. The Morgan fingerprint density at radius 2 is 1.52 bits per heavy atom. The minimum absolute atomic E-state index is 0.00482. The number of carbonyl (C=O) groups is 1. The van der Waals surface area contributed by atoms with Crippen LogP contribution in [0.15, 0.2) is 60.7 Å². The van der Waals surface area contributed by atoms with Crippen LogP contribution in [0, 0.1) is 0 Å². The maximum atomic E-state index is 12.5. The second kappa shape index (κ2) is 7.60. The molecule has 2 aromatic carbocycles. The van der Waals surface area contributed by atoms with Crippen LogP contribution in [-0.4, -0.2) is 23.4 Å². The number of carbonyl (C=O) groups excluding carboxylic acids is 1. The van der Waals surface area contributed by atoms with E-state index in [1.54, 1.807) is 0 Å². The zero-order chi connectivity index (χ0) is 15.1. The highest BCUT2D eigenvalue weighted by molar-refractivity contribution is 5.82. The Balaban J connectivity index is 1.99. The van der Waals surface area contributed by atoms with Gasteiger partial charge in [0.25, 0.3) is 0 Å². The molecule has 21 heavy (non-hydrogen) atoms. The van der Waals surface area contributed by atoms with Crippen LogP contribution in [0.4, 0.5) is 0 Å². The van der Waals surface area contributed by atoms with Gasteiger partial charge in [-0.3, -0.25) is 4.79 Å².